The lowest BCUT2D eigenvalue weighted by Gasteiger charge is -2.23. The smallest absolute Gasteiger partial charge is 0.332 e. The van der Waals surface area contributed by atoms with E-state index in [0.29, 0.717) is 33.3 Å². The molecular formula is C27H29FN6O5S. The Kier molecular flexibility index (Phi) is 8.81. The van der Waals surface area contributed by atoms with E-state index in [1.54, 1.807) is 37.0 Å². The number of amides is 1. The van der Waals surface area contributed by atoms with E-state index in [1.807, 2.05) is 6.07 Å². The number of carbonyl (C=O) groups is 1. The zero-order chi connectivity index (χ0) is 29.0. The summed E-state index contributed by atoms with van der Waals surface area (Å²) < 4.78 is 29.7. The molecule has 0 spiro atoms. The van der Waals surface area contributed by atoms with Crippen molar-refractivity contribution in [2.45, 2.75) is 45.9 Å². The van der Waals surface area contributed by atoms with Crippen molar-refractivity contribution < 1.29 is 18.7 Å². The number of rotatable bonds is 11. The summed E-state index contributed by atoms with van der Waals surface area (Å²) in [5.41, 5.74) is -0.415. The molecule has 0 saturated heterocycles. The number of hydrogen-bond acceptors (Lipinski definition) is 8. The van der Waals surface area contributed by atoms with Gasteiger partial charge in [0.15, 0.2) is 0 Å². The van der Waals surface area contributed by atoms with Gasteiger partial charge < -0.3 is 14.8 Å². The third kappa shape index (κ3) is 5.41. The molecular weight excluding hydrogens is 539 g/mol. The molecule has 4 aromatic rings. The van der Waals surface area contributed by atoms with Crippen LogP contribution in [0.3, 0.4) is 0 Å². The van der Waals surface area contributed by atoms with Crippen LogP contribution < -0.4 is 21.3 Å². The molecule has 40 heavy (non-hydrogen) atoms. The highest BCUT2D eigenvalue weighted by molar-refractivity contribution is 7.21. The maximum atomic E-state index is 14.4. The Hall–Kier alpha value is -4.28. The van der Waals surface area contributed by atoms with E-state index in [-0.39, 0.29) is 25.0 Å². The topological polar surface area (TPSA) is 133 Å². The molecule has 0 unspecified atom stereocenters. The van der Waals surface area contributed by atoms with Gasteiger partial charge in [-0.2, -0.15) is 10.4 Å². The van der Waals surface area contributed by atoms with Gasteiger partial charge in [-0.25, -0.2) is 18.4 Å². The largest absolute Gasteiger partial charge is 0.496 e. The zero-order valence-corrected chi connectivity index (χ0v) is 23.3. The van der Waals surface area contributed by atoms with Crippen LogP contribution in [0.25, 0.3) is 15.2 Å². The van der Waals surface area contributed by atoms with Crippen LogP contribution in [0.2, 0.25) is 0 Å². The number of aromatic nitrogens is 4. The first-order chi connectivity index (χ1) is 19.2. The highest BCUT2D eigenvalue weighted by Gasteiger charge is 2.28. The monoisotopic (exact) mass is 568 g/mol. The molecule has 3 heterocycles. The summed E-state index contributed by atoms with van der Waals surface area (Å²) >= 11 is 1.19. The van der Waals surface area contributed by atoms with Gasteiger partial charge in [0.05, 0.1) is 38.1 Å². The molecule has 0 radical (unpaired) electrons. The van der Waals surface area contributed by atoms with E-state index < -0.39 is 35.1 Å². The Morgan fingerprint density at radius 1 is 1.32 bits per heavy atom. The lowest BCUT2D eigenvalue weighted by molar-refractivity contribution is -0.123. The highest BCUT2D eigenvalue weighted by atomic mass is 32.1. The number of aryl methyl sites for hydroxylation is 1. The summed E-state index contributed by atoms with van der Waals surface area (Å²) in [5.74, 6) is -0.692. The van der Waals surface area contributed by atoms with Gasteiger partial charge in [-0.15, -0.1) is 0 Å². The molecule has 210 valence electrons. The van der Waals surface area contributed by atoms with Gasteiger partial charge in [-0.3, -0.25) is 14.2 Å². The first-order valence-electron chi connectivity index (χ1n) is 12.6. The van der Waals surface area contributed by atoms with Crippen molar-refractivity contribution in [2.75, 3.05) is 20.3 Å². The number of methoxy groups -OCH3 is 1. The highest BCUT2D eigenvalue weighted by Crippen LogP contribution is 2.34. The number of nitrogens with zero attached hydrogens (tertiary/aromatic N) is 5. The molecule has 0 saturated carbocycles. The van der Waals surface area contributed by atoms with Crippen LogP contribution in [0.4, 0.5) is 4.39 Å². The molecule has 13 heteroatoms. The van der Waals surface area contributed by atoms with Crippen molar-refractivity contribution >= 4 is 27.5 Å². The molecule has 3 aromatic heterocycles. The molecule has 11 nitrogen and oxygen atoms in total. The van der Waals surface area contributed by atoms with E-state index in [2.05, 4.69) is 10.4 Å². The van der Waals surface area contributed by atoms with Crippen molar-refractivity contribution in [3.8, 4) is 16.8 Å². The summed E-state index contributed by atoms with van der Waals surface area (Å²) in [6.07, 6.45) is 2.46. The van der Waals surface area contributed by atoms with E-state index in [1.165, 1.54) is 48.1 Å². The van der Waals surface area contributed by atoms with E-state index in [9.17, 15) is 18.8 Å². The van der Waals surface area contributed by atoms with Crippen molar-refractivity contribution in [1.82, 2.24) is 24.2 Å². The second-order valence-corrected chi connectivity index (χ2v) is 9.93. The van der Waals surface area contributed by atoms with Crippen LogP contribution in [-0.4, -0.2) is 45.1 Å². The number of carbonyl (C=O) groups excluding carboxylic acids is 1. The fourth-order valence-electron chi connectivity index (χ4n) is 4.51. The predicted molar refractivity (Wildman–Crippen MR) is 147 cm³/mol. The normalized spacial score (nSPS) is 12.7. The minimum absolute atomic E-state index is 0.00960. The molecule has 1 aromatic carbocycles. The maximum absolute atomic E-state index is 14.4. The molecule has 4 rings (SSSR count). The Morgan fingerprint density at radius 2 is 2.10 bits per heavy atom. The van der Waals surface area contributed by atoms with Gasteiger partial charge in [-0.1, -0.05) is 11.3 Å². The summed E-state index contributed by atoms with van der Waals surface area (Å²) in [6.45, 7) is 5.16. The fraction of sp³-hybridized carbons (Fsp3) is 0.370. The van der Waals surface area contributed by atoms with Crippen LogP contribution in [0, 0.1) is 24.1 Å². The Morgan fingerprint density at radius 3 is 2.75 bits per heavy atom. The van der Waals surface area contributed by atoms with Gasteiger partial charge in [0.2, 0.25) is 5.91 Å². The van der Waals surface area contributed by atoms with Gasteiger partial charge >= 0.3 is 5.69 Å². The molecule has 0 bridgehead atoms. The predicted octanol–water partition coefficient (Wildman–Crippen LogP) is 3.24. The van der Waals surface area contributed by atoms with E-state index in [0.717, 1.165) is 4.57 Å². The number of likely N-dealkylation sites (N-methyl/N-ethyl adjacent to an activating group) is 1. The lowest BCUT2D eigenvalue weighted by Crippen LogP contribution is -2.46. The fourth-order valence-corrected chi connectivity index (χ4v) is 5.76. The maximum Gasteiger partial charge on any atom is 0.332 e. The summed E-state index contributed by atoms with van der Waals surface area (Å²) in [6, 6.07) is 6.58. The van der Waals surface area contributed by atoms with Crippen molar-refractivity contribution in [3.05, 3.63) is 74.4 Å². The number of fused-ring (bicyclic) bond motifs is 1. The minimum atomic E-state index is -1.11. The first-order valence-corrected chi connectivity index (χ1v) is 13.4. The van der Waals surface area contributed by atoms with Crippen LogP contribution in [0.1, 0.15) is 43.5 Å². The third-order valence-corrected chi connectivity index (χ3v) is 7.77. The van der Waals surface area contributed by atoms with Crippen LogP contribution in [0.15, 0.2) is 46.2 Å². The molecule has 1 amide bonds. The van der Waals surface area contributed by atoms with Crippen LogP contribution >= 0.6 is 11.3 Å². The van der Waals surface area contributed by atoms with Crippen molar-refractivity contribution in [3.63, 3.8) is 0 Å². The van der Waals surface area contributed by atoms with Gasteiger partial charge in [0, 0.05) is 30.1 Å². The molecule has 0 aliphatic carbocycles. The zero-order valence-electron chi connectivity index (χ0n) is 22.5. The third-order valence-electron chi connectivity index (χ3n) is 6.47. The lowest BCUT2D eigenvalue weighted by atomic mass is 10.1. The van der Waals surface area contributed by atoms with Gasteiger partial charge in [-0.05, 0) is 45.0 Å². The van der Waals surface area contributed by atoms with Crippen LogP contribution in [-0.2, 0) is 16.1 Å². The molecule has 0 fully saturated rings. The number of halogens is 1. The Bertz CT molecular complexity index is 1680. The summed E-state index contributed by atoms with van der Waals surface area (Å²) in [5, 5.41) is 16.9. The first kappa shape index (κ1) is 28.7. The quantitative estimate of drug-likeness (QED) is 0.275. The van der Waals surface area contributed by atoms with Crippen molar-refractivity contribution in [1.29, 1.82) is 5.26 Å². The van der Waals surface area contributed by atoms with Crippen molar-refractivity contribution in [2.24, 2.45) is 0 Å². The van der Waals surface area contributed by atoms with E-state index >= 15 is 0 Å². The number of hydrogen-bond donors (Lipinski definition) is 1. The van der Waals surface area contributed by atoms with E-state index in [4.69, 9.17) is 14.7 Å². The number of nitriles is 1. The molecule has 2 atom stereocenters. The molecule has 1 N–H and O–H groups in total. The summed E-state index contributed by atoms with van der Waals surface area (Å²) in [7, 11) is 1.43. The summed E-state index contributed by atoms with van der Waals surface area (Å²) in [4.78, 5) is 40.9. The second kappa shape index (κ2) is 12.3. The average molecular weight is 569 g/mol. The van der Waals surface area contributed by atoms with Crippen LogP contribution in [0.5, 0.6) is 5.75 Å². The van der Waals surface area contributed by atoms with Gasteiger partial charge in [0.25, 0.3) is 5.56 Å². The molecule has 0 aliphatic heterocycles. The number of nitrogens with one attached hydrogen (secondary N) is 1. The number of ether oxygens (including phenoxy) is 2. The standard InChI is InChI=1S/C27H29FN6O5S/c1-5-30-23(35)17(3)34-24(36)22-16(2)25(33-12-7-11-31-33)40-26(22)32(27(34)37)15-21(39-13-6-10-29)19-14-18(28)8-9-20(19)38-4/h7-9,11-12,14,17,21H,5-6,13,15H2,1-4H3,(H,30,35)/t17-,21+/m1/s1. The number of benzene rings is 1. The SMILES string of the molecule is CCNC(=O)[C@@H](C)n1c(=O)c2c(C)c(-n3cccn3)sc2n(C[C@H](OCCC#N)c2cc(F)ccc2OC)c1=O. The number of thiophene rings is 1. The Balaban J connectivity index is 1.99. The second-order valence-electron chi connectivity index (χ2n) is 8.96. The van der Waals surface area contributed by atoms with Gasteiger partial charge in [0.1, 0.15) is 33.5 Å². The minimum Gasteiger partial charge on any atom is -0.496 e. The Labute approximate surface area is 233 Å². The molecule has 0 aliphatic rings. The average Bonchev–Trinajstić information content (AvgIpc) is 3.58.